The molecule has 0 saturated carbocycles. The zero-order valence-electron chi connectivity index (χ0n) is 17.1. The molecule has 0 aliphatic carbocycles. The quantitative estimate of drug-likeness (QED) is 0.342. The van der Waals surface area contributed by atoms with E-state index in [1.807, 2.05) is 18.2 Å². The number of thiophene rings is 1. The first-order chi connectivity index (χ1) is 13.6. The van der Waals surface area contributed by atoms with Crippen molar-refractivity contribution in [3.05, 3.63) is 51.7 Å². The van der Waals surface area contributed by atoms with E-state index in [1.54, 1.807) is 30.3 Å². The maximum Gasteiger partial charge on any atom is 0.243 e. The average Bonchev–Trinajstić information content (AvgIpc) is 3.18. The van der Waals surface area contributed by atoms with E-state index in [9.17, 15) is 4.79 Å². The van der Waals surface area contributed by atoms with Crippen LogP contribution in [0.3, 0.4) is 0 Å². The average molecular weight is 528 g/mol. The van der Waals surface area contributed by atoms with Gasteiger partial charge in [0.2, 0.25) is 5.91 Å². The lowest BCUT2D eigenvalue weighted by molar-refractivity contribution is -0.127. The second kappa shape index (κ2) is 11.4. The Labute approximate surface area is 193 Å². The molecule has 1 atom stereocenters. The Morgan fingerprint density at radius 3 is 2.72 bits per heavy atom. The van der Waals surface area contributed by atoms with Gasteiger partial charge in [0.15, 0.2) is 5.96 Å². The number of guanidine groups is 1. The van der Waals surface area contributed by atoms with Crippen molar-refractivity contribution in [3.63, 3.8) is 0 Å². The van der Waals surface area contributed by atoms with Gasteiger partial charge in [-0.2, -0.15) is 0 Å². The largest absolute Gasteiger partial charge is 0.493 e. The van der Waals surface area contributed by atoms with Crippen LogP contribution in [0, 0.1) is 0 Å². The Hall–Kier alpha value is -1.81. The molecular formula is C21H29IN4O2S. The van der Waals surface area contributed by atoms with Crippen LogP contribution in [0.1, 0.15) is 34.7 Å². The molecule has 1 amide bonds. The Morgan fingerprint density at radius 1 is 1.24 bits per heavy atom. The van der Waals surface area contributed by atoms with Gasteiger partial charge in [0.25, 0.3) is 0 Å². The van der Waals surface area contributed by atoms with Gasteiger partial charge in [-0.1, -0.05) is 25.1 Å². The van der Waals surface area contributed by atoms with E-state index < -0.39 is 0 Å². The standard InChI is InChI=1S/C21H28N4O2S.HI/c1-4-15-9-10-16(28-15)13-22-21(23-14-20(26)25(2)3)24-18-11-12-27-19-8-6-5-7-17(18)19;/h5-10,18H,4,11-14H2,1-3H3,(H2,22,23,24);1H. The minimum absolute atomic E-state index is 0. The van der Waals surface area contributed by atoms with Crippen molar-refractivity contribution in [2.75, 3.05) is 27.2 Å². The van der Waals surface area contributed by atoms with E-state index in [0.717, 1.165) is 24.2 Å². The zero-order valence-corrected chi connectivity index (χ0v) is 20.3. The second-order valence-corrected chi connectivity index (χ2v) is 8.15. The van der Waals surface area contributed by atoms with Gasteiger partial charge in [0, 0.05) is 35.8 Å². The predicted octanol–water partition coefficient (Wildman–Crippen LogP) is 3.58. The van der Waals surface area contributed by atoms with Crippen molar-refractivity contribution in [2.24, 2.45) is 4.99 Å². The number of halogens is 1. The highest BCUT2D eigenvalue weighted by Gasteiger charge is 2.22. The summed E-state index contributed by atoms with van der Waals surface area (Å²) in [6.07, 6.45) is 1.89. The predicted molar refractivity (Wildman–Crippen MR) is 129 cm³/mol. The first-order valence-corrected chi connectivity index (χ1v) is 10.4. The third kappa shape index (κ3) is 6.60. The minimum Gasteiger partial charge on any atom is -0.493 e. The third-order valence-electron chi connectivity index (χ3n) is 4.64. The van der Waals surface area contributed by atoms with Crippen molar-refractivity contribution >= 4 is 47.2 Å². The fraction of sp³-hybridized carbons (Fsp3) is 0.429. The van der Waals surface area contributed by atoms with Gasteiger partial charge < -0.3 is 20.3 Å². The highest BCUT2D eigenvalue weighted by molar-refractivity contribution is 14.0. The van der Waals surface area contributed by atoms with Gasteiger partial charge in [-0.15, -0.1) is 35.3 Å². The lowest BCUT2D eigenvalue weighted by Gasteiger charge is -2.28. The summed E-state index contributed by atoms with van der Waals surface area (Å²) in [4.78, 5) is 20.7. The van der Waals surface area contributed by atoms with E-state index in [2.05, 4.69) is 40.7 Å². The molecule has 0 fully saturated rings. The molecule has 0 radical (unpaired) electrons. The van der Waals surface area contributed by atoms with Crippen LogP contribution >= 0.6 is 35.3 Å². The summed E-state index contributed by atoms with van der Waals surface area (Å²) in [5.74, 6) is 1.52. The number of rotatable bonds is 6. The first-order valence-electron chi connectivity index (χ1n) is 9.61. The van der Waals surface area contributed by atoms with Gasteiger partial charge in [0.05, 0.1) is 19.2 Å². The second-order valence-electron chi connectivity index (χ2n) is 6.90. The zero-order chi connectivity index (χ0) is 19.9. The van der Waals surface area contributed by atoms with Crippen molar-refractivity contribution in [3.8, 4) is 5.75 Å². The lowest BCUT2D eigenvalue weighted by atomic mass is 10.0. The molecule has 2 N–H and O–H groups in total. The third-order valence-corrected chi connectivity index (χ3v) is 5.87. The summed E-state index contributed by atoms with van der Waals surface area (Å²) >= 11 is 1.80. The van der Waals surface area contributed by atoms with Gasteiger partial charge in [0.1, 0.15) is 12.3 Å². The topological polar surface area (TPSA) is 66.0 Å². The Bertz CT molecular complexity index is 838. The highest BCUT2D eigenvalue weighted by Crippen LogP contribution is 2.31. The van der Waals surface area contributed by atoms with E-state index in [4.69, 9.17) is 4.74 Å². The number of hydrogen-bond acceptors (Lipinski definition) is 4. The maximum atomic E-state index is 12.0. The summed E-state index contributed by atoms with van der Waals surface area (Å²) in [6.45, 7) is 3.60. The number of amides is 1. The molecule has 1 aromatic heterocycles. The van der Waals surface area contributed by atoms with Crippen LogP contribution in [0.4, 0.5) is 0 Å². The van der Waals surface area contributed by atoms with Crippen LogP contribution in [0.5, 0.6) is 5.75 Å². The van der Waals surface area contributed by atoms with Crippen molar-refractivity contribution < 1.29 is 9.53 Å². The molecule has 29 heavy (non-hydrogen) atoms. The van der Waals surface area contributed by atoms with E-state index in [-0.39, 0.29) is 42.5 Å². The summed E-state index contributed by atoms with van der Waals surface area (Å²) in [6, 6.07) is 12.5. The highest BCUT2D eigenvalue weighted by atomic mass is 127. The van der Waals surface area contributed by atoms with Crippen LogP contribution < -0.4 is 15.4 Å². The maximum absolute atomic E-state index is 12.0. The van der Waals surface area contributed by atoms with Crippen LogP contribution in [-0.2, 0) is 17.8 Å². The number of carbonyl (C=O) groups excluding carboxylic acids is 1. The fourth-order valence-electron chi connectivity index (χ4n) is 2.98. The molecule has 2 aromatic rings. The Kier molecular flexibility index (Phi) is 9.22. The fourth-order valence-corrected chi connectivity index (χ4v) is 3.87. The molecule has 6 nitrogen and oxygen atoms in total. The number of nitrogens with one attached hydrogen (secondary N) is 2. The van der Waals surface area contributed by atoms with Crippen molar-refractivity contribution in [1.82, 2.24) is 15.5 Å². The number of hydrogen-bond donors (Lipinski definition) is 2. The molecule has 8 heteroatoms. The number of nitrogens with zero attached hydrogens (tertiary/aromatic N) is 2. The molecule has 0 saturated heterocycles. The number of benzene rings is 1. The Morgan fingerprint density at radius 2 is 2.00 bits per heavy atom. The number of fused-ring (bicyclic) bond motifs is 1. The van der Waals surface area contributed by atoms with Crippen molar-refractivity contribution in [2.45, 2.75) is 32.4 Å². The van der Waals surface area contributed by atoms with Crippen LogP contribution in [-0.4, -0.2) is 44.0 Å². The molecule has 1 unspecified atom stereocenters. The molecule has 1 aliphatic rings. The summed E-state index contributed by atoms with van der Waals surface area (Å²) in [5, 5.41) is 6.87. The number of ether oxygens (including phenoxy) is 1. The molecule has 1 aromatic carbocycles. The molecule has 3 rings (SSSR count). The van der Waals surface area contributed by atoms with E-state index >= 15 is 0 Å². The molecule has 158 valence electrons. The molecule has 2 heterocycles. The lowest BCUT2D eigenvalue weighted by Crippen LogP contribution is -2.41. The van der Waals surface area contributed by atoms with Gasteiger partial charge in [-0.3, -0.25) is 4.79 Å². The van der Waals surface area contributed by atoms with Gasteiger partial charge in [-0.25, -0.2) is 4.99 Å². The molecular weight excluding hydrogens is 499 g/mol. The monoisotopic (exact) mass is 528 g/mol. The first kappa shape index (κ1) is 23.5. The number of likely N-dealkylation sites (N-methyl/N-ethyl adjacent to an activating group) is 1. The number of aryl methyl sites for hydroxylation is 1. The summed E-state index contributed by atoms with van der Waals surface area (Å²) in [7, 11) is 3.48. The SMILES string of the molecule is CCc1ccc(CNC(=NCC(=O)N(C)C)NC2CCOc3ccccc32)s1.I. The number of aliphatic imine (C=N–C) groups is 1. The van der Waals surface area contributed by atoms with E-state index in [1.165, 1.54) is 9.75 Å². The van der Waals surface area contributed by atoms with Crippen LogP contribution in [0.25, 0.3) is 0 Å². The van der Waals surface area contributed by atoms with Crippen LogP contribution in [0.2, 0.25) is 0 Å². The smallest absolute Gasteiger partial charge is 0.243 e. The molecule has 0 spiro atoms. The molecule has 1 aliphatic heterocycles. The number of carbonyl (C=O) groups is 1. The molecule has 0 bridgehead atoms. The van der Waals surface area contributed by atoms with Gasteiger partial charge >= 0.3 is 0 Å². The van der Waals surface area contributed by atoms with E-state index in [0.29, 0.717) is 19.1 Å². The van der Waals surface area contributed by atoms with Crippen molar-refractivity contribution in [1.29, 1.82) is 0 Å². The number of para-hydroxylation sites is 1. The Balaban J connectivity index is 0.00000300. The summed E-state index contributed by atoms with van der Waals surface area (Å²) < 4.78 is 5.75. The minimum atomic E-state index is -0.0297. The summed E-state index contributed by atoms with van der Waals surface area (Å²) in [5.41, 5.74) is 1.12. The normalized spacial score (nSPS) is 15.6. The van der Waals surface area contributed by atoms with Crippen LogP contribution in [0.15, 0.2) is 41.4 Å². The van der Waals surface area contributed by atoms with Gasteiger partial charge in [-0.05, 0) is 24.6 Å².